The quantitative estimate of drug-likeness (QED) is 0.0243. The molecule has 0 aliphatic rings. The fraction of sp³-hybridized carbons (Fsp3) is 0.960. The van der Waals surface area contributed by atoms with Gasteiger partial charge in [-0.15, -0.1) is 0 Å². The molecule has 3 unspecified atom stereocenters. The van der Waals surface area contributed by atoms with Gasteiger partial charge in [0.05, 0.1) is 39.9 Å². The normalized spacial score (nSPS) is 13.6. The maximum absolute atomic E-state index is 13.1. The highest BCUT2D eigenvalue weighted by molar-refractivity contribution is 7.47. The Labute approximate surface area is 526 Å². The van der Waals surface area contributed by atoms with Crippen LogP contribution >= 0.6 is 7.82 Å². The Morgan fingerprint density at radius 1 is 0.393 bits per heavy atom. The Bertz CT molecular complexity index is 1370. The zero-order chi connectivity index (χ0) is 61.2. The van der Waals surface area contributed by atoms with Gasteiger partial charge in [0.1, 0.15) is 13.2 Å². The molecule has 1 amide bonds. The van der Waals surface area contributed by atoms with Gasteiger partial charge in [-0.3, -0.25) is 13.8 Å². The van der Waals surface area contributed by atoms with Crippen LogP contribution in [0.1, 0.15) is 412 Å². The Morgan fingerprint density at radius 2 is 0.643 bits per heavy atom. The molecule has 0 aromatic carbocycles. The summed E-state index contributed by atoms with van der Waals surface area (Å²) in [5, 5.41) is 14.2. The third-order valence-corrected chi connectivity index (χ3v) is 19.0. The van der Waals surface area contributed by atoms with Crippen molar-refractivity contribution < 1.29 is 32.9 Å². The van der Waals surface area contributed by atoms with Gasteiger partial charge in [-0.1, -0.05) is 379 Å². The van der Waals surface area contributed by atoms with Crippen LogP contribution in [0.25, 0.3) is 0 Å². The van der Waals surface area contributed by atoms with Crippen molar-refractivity contribution in [2.45, 2.75) is 424 Å². The van der Waals surface area contributed by atoms with Gasteiger partial charge in [0.2, 0.25) is 5.91 Å². The van der Waals surface area contributed by atoms with Crippen LogP contribution in [0.5, 0.6) is 0 Å². The molecule has 0 radical (unpaired) electrons. The van der Waals surface area contributed by atoms with E-state index in [4.69, 9.17) is 9.05 Å². The minimum Gasteiger partial charge on any atom is -0.391 e. The molecular weight excluding hydrogens is 1060 g/mol. The van der Waals surface area contributed by atoms with Gasteiger partial charge in [0.15, 0.2) is 0 Å². The van der Waals surface area contributed by atoms with Gasteiger partial charge in [0, 0.05) is 6.42 Å². The summed E-state index contributed by atoms with van der Waals surface area (Å²) in [6.45, 7) is 4.96. The summed E-state index contributed by atoms with van der Waals surface area (Å²) in [7, 11) is 1.64. The summed E-state index contributed by atoms with van der Waals surface area (Å²) in [4.78, 5) is 23.5. The number of carbonyl (C=O) groups excluding carboxylic acids is 1. The van der Waals surface area contributed by atoms with E-state index in [1.54, 1.807) is 0 Å². The number of nitrogens with zero attached hydrogens (tertiary/aromatic N) is 1. The number of aliphatic hydroxyl groups excluding tert-OH is 1. The number of phosphoric acid groups is 1. The molecule has 502 valence electrons. The first-order valence-corrected chi connectivity index (χ1v) is 39.5. The lowest BCUT2D eigenvalue weighted by atomic mass is 10.0. The van der Waals surface area contributed by atoms with Crippen molar-refractivity contribution in [3.8, 4) is 0 Å². The predicted octanol–water partition coefficient (Wildman–Crippen LogP) is 24.5. The molecule has 84 heavy (non-hydrogen) atoms. The number of quaternary nitrogens is 1. The first-order chi connectivity index (χ1) is 41.0. The van der Waals surface area contributed by atoms with Gasteiger partial charge in [-0.05, 0) is 38.5 Å². The van der Waals surface area contributed by atoms with Crippen LogP contribution in [0.3, 0.4) is 0 Å². The first kappa shape index (κ1) is 83.2. The van der Waals surface area contributed by atoms with Crippen molar-refractivity contribution in [2.75, 3.05) is 40.9 Å². The zero-order valence-corrected chi connectivity index (χ0v) is 58.6. The van der Waals surface area contributed by atoms with E-state index in [9.17, 15) is 19.4 Å². The van der Waals surface area contributed by atoms with Crippen LogP contribution in [-0.4, -0.2) is 73.4 Å². The van der Waals surface area contributed by atoms with E-state index in [0.29, 0.717) is 23.9 Å². The largest absolute Gasteiger partial charge is 0.472 e. The van der Waals surface area contributed by atoms with Crippen LogP contribution in [0, 0.1) is 0 Å². The SMILES string of the molecule is CCCCCCCCCC/C=C\CCCCCCCCCCCCCCCCCCCCCCCCCCCCCC(=O)NC(COP(=O)(O)OCC[N+](C)(C)C)C(O)CCCCCCCCCCCCCCCCCCCCCCCCC. The molecule has 0 saturated heterocycles. The van der Waals surface area contributed by atoms with Crippen molar-refractivity contribution in [3.05, 3.63) is 12.2 Å². The fourth-order valence-corrected chi connectivity index (χ4v) is 12.8. The molecule has 3 N–H and O–H groups in total. The molecular formula is C75H152N2O6P+. The van der Waals surface area contributed by atoms with E-state index in [0.717, 1.165) is 38.5 Å². The molecule has 0 aromatic rings. The Morgan fingerprint density at radius 3 is 0.917 bits per heavy atom. The third kappa shape index (κ3) is 68.7. The molecule has 8 nitrogen and oxygen atoms in total. The molecule has 0 bridgehead atoms. The number of hydrogen-bond acceptors (Lipinski definition) is 5. The lowest BCUT2D eigenvalue weighted by Gasteiger charge is -2.26. The number of phosphoric ester groups is 1. The molecule has 0 fully saturated rings. The van der Waals surface area contributed by atoms with E-state index in [2.05, 4.69) is 31.3 Å². The number of carbonyl (C=O) groups is 1. The van der Waals surface area contributed by atoms with Crippen molar-refractivity contribution >= 4 is 13.7 Å². The van der Waals surface area contributed by atoms with E-state index < -0.39 is 20.0 Å². The van der Waals surface area contributed by atoms with E-state index in [1.165, 1.54) is 347 Å². The fourth-order valence-electron chi connectivity index (χ4n) is 12.1. The topological polar surface area (TPSA) is 105 Å². The molecule has 0 rings (SSSR count). The number of allylic oxidation sites excluding steroid dienone is 2. The summed E-state index contributed by atoms with van der Waals surface area (Å²) in [6, 6.07) is -0.758. The second-order valence-corrected chi connectivity index (χ2v) is 29.2. The summed E-state index contributed by atoms with van der Waals surface area (Å²) >= 11 is 0. The highest BCUT2D eigenvalue weighted by Crippen LogP contribution is 2.43. The highest BCUT2D eigenvalue weighted by atomic mass is 31.2. The lowest BCUT2D eigenvalue weighted by molar-refractivity contribution is -0.870. The minimum absolute atomic E-state index is 0.0788. The Hall–Kier alpha value is -0.760. The third-order valence-electron chi connectivity index (χ3n) is 18.0. The van der Waals surface area contributed by atoms with Crippen molar-refractivity contribution in [1.29, 1.82) is 0 Å². The second kappa shape index (κ2) is 66.7. The number of hydrogen-bond donors (Lipinski definition) is 3. The molecule has 0 saturated carbocycles. The van der Waals surface area contributed by atoms with Crippen molar-refractivity contribution in [2.24, 2.45) is 0 Å². The van der Waals surface area contributed by atoms with E-state index in [-0.39, 0.29) is 19.1 Å². The average molecular weight is 1210 g/mol. The number of amides is 1. The molecule has 0 heterocycles. The van der Waals surface area contributed by atoms with E-state index in [1.807, 2.05) is 21.1 Å². The number of rotatable bonds is 72. The summed E-state index contributed by atoms with van der Waals surface area (Å²) in [6.07, 6.45) is 86.4. The molecule has 3 atom stereocenters. The molecule has 0 aromatic heterocycles. The predicted molar refractivity (Wildman–Crippen MR) is 369 cm³/mol. The van der Waals surface area contributed by atoms with Gasteiger partial charge in [-0.25, -0.2) is 4.57 Å². The number of unbranched alkanes of at least 4 members (excludes halogenated alkanes) is 57. The molecule has 0 aliphatic carbocycles. The van der Waals surface area contributed by atoms with Crippen LogP contribution < -0.4 is 5.32 Å². The number of aliphatic hydroxyl groups is 1. The number of likely N-dealkylation sites (N-methyl/N-ethyl adjacent to an activating group) is 1. The van der Waals surface area contributed by atoms with Crippen molar-refractivity contribution in [3.63, 3.8) is 0 Å². The maximum Gasteiger partial charge on any atom is 0.472 e. The summed E-state index contributed by atoms with van der Waals surface area (Å²) in [5.74, 6) is -0.133. The van der Waals surface area contributed by atoms with Crippen molar-refractivity contribution in [1.82, 2.24) is 5.32 Å². The highest BCUT2D eigenvalue weighted by Gasteiger charge is 2.28. The average Bonchev–Trinajstić information content (AvgIpc) is 3.56. The van der Waals surface area contributed by atoms with Crippen LogP contribution in [0.4, 0.5) is 0 Å². The van der Waals surface area contributed by atoms with Gasteiger partial charge in [0.25, 0.3) is 0 Å². The summed E-state index contributed by atoms with van der Waals surface area (Å²) in [5.41, 5.74) is 0. The zero-order valence-electron chi connectivity index (χ0n) is 57.7. The first-order valence-electron chi connectivity index (χ1n) is 38.1. The molecule has 0 spiro atoms. The van der Waals surface area contributed by atoms with E-state index >= 15 is 0 Å². The Balaban J connectivity index is 3.88. The summed E-state index contributed by atoms with van der Waals surface area (Å²) < 4.78 is 23.9. The molecule has 9 heteroatoms. The minimum atomic E-state index is -4.33. The van der Waals surface area contributed by atoms with Crippen LogP contribution in [0.15, 0.2) is 12.2 Å². The molecule has 0 aliphatic heterocycles. The maximum atomic E-state index is 13.1. The van der Waals surface area contributed by atoms with Crippen LogP contribution in [0.2, 0.25) is 0 Å². The number of nitrogens with one attached hydrogen (secondary N) is 1. The van der Waals surface area contributed by atoms with Gasteiger partial charge >= 0.3 is 7.82 Å². The monoisotopic (exact) mass is 1210 g/mol. The van der Waals surface area contributed by atoms with Gasteiger partial charge in [-0.2, -0.15) is 0 Å². The standard InChI is InChI=1S/C75H151N2O6P/c1-6-8-10-12-14-16-18-20-22-24-26-28-30-31-32-33-34-35-36-37-38-39-40-41-42-43-44-45-47-49-51-53-55-57-59-61-63-65-67-69-75(79)76-73(72-83-84(80,81)82-71-70-77(3,4)5)74(78)68-66-64-62-60-58-56-54-52-50-48-46-29-27-25-23-21-19-17-15-13-11-9-7-2/h24,26,73-74,78H,6-23,25,27-72H2,1-5H3,(H-,76,79,80,81)/p+1/b26-24-. The van der Waals surface area contributed by atoms with Crippen LogP contribution in [-0.2, 0) is 18.4 Å². The Kier molecular flexibility index (Phi) is 66.1. The smallest absolute Gasteiger partial charge is 0.391 e. The van der Waals surface area contributed by atoms with Gasteiger partial charge < -0.3 is 19.8 Å². The lowest BCUT2D eigenvalue weighted by Crippen LogP contribution is -2.46. The second-order valence-electron chi connectivity index (χ2n) is 27.7.